The molecule has 18 heavy (non-hydrogen) atoms. The van der Waals surface area contributed by atoms with Gasteiger partial charge in [0, 0.05) is 40.3 Å². The zero-order valence-corrected chi connectivity index (χ0v) is 13.3. The molecule has 0 aromatic carbocycles. The Hall–Kier alpha value is -0.100. The molecule has 1 amide bonds. The Labute approximate surface area is 126 Å². The Bertz CT molecular complexity index is 399. The Kier molecular flexibility index (Phi) is 6.63. The zero-order valence-electron chi connectivity index (χ0n) is 10.1. The first-order valence-electron chi connectivity index (χ1n) is 5.93. The van der Waals surface area contributed by atoms with Crippen molar-refractivity contribution in [2.24, 2.45) is 5.73 Å². The summed E-state index contributed by atoms with van der Waals surface area (Å²) in [6.45, 7) is 1.48. The van der Waals surface area contributed by atoms with Gasteiger partial charge in [0.05, 0.1) is 0 Å². The first kappa shape index (κ1) is 16.0. The second-order valence-electron chi connectivity index (χ2n) is 4.35. The van der Waals surface area contributed by atoms with Crippen LogP contribution in [0.3, 0.4) is 0 Å². The van der Waals surface area contributed by atoms with E-state index in [9.17, 15) is 4.79 Å². The van der Waals surface area contributed by atoms with Gasteiger partial charge in [0.25, 0.3) is 0 Å². The maximum Gasteiger partial charge on any atom is 0.223 e. The van der Waals surface area contributed by atoms with Crippen molar-refractivity contribution >= 4 is 45.6 Å². The van der Waals surface area contributed by atoms with Crippen molar-refractivity contribution in [1.82, 2.24) is 4.90 Å². The second kappa shape index (κ2) is 7.48. The zero-order chi connectivity index (χ0) is 12.3. The summed E-state index contributed by atoms with van der Waals surface area (Å²) in [5.41, 5.74) is 5.67. The highest BCUT2D eigenvalue weighted by Crippen LogP contribution is 2.22. The lowest BCUT2D eigenvalue weighted by atomic mass is 10.2. The molecule has 0 spiro atoms. The van der Waals surface area contributed by atoms with Gasteiger partial charge < -0.3 is 10.6 Å². The van der Waals surface area contributed by atoms with Crippen molar-refractivity contribution in [3.8, 4) is 0 Å². The quantitative estimate of drug-likeness (QED) is 0.904. The third-order valence-corrected chi connectivity index (χ3v) is 4.93. The molecular weight excluding hydrogens is 336 g/mol. The lowest BCUT2D eigenvalue weighted by Crippen LogP contribution is -2.39. The number of likely N-dealkylation sites (tertiary alicyclic amines) is 1. The van der Waals surface area contributed by atoms with Crippen LogP contribution in [0.15, 0.2) is 15.9 Å². The Morgan fingerprint density at radius 1 is 1.61 bits per heavy atom. The number of rotatable bonds is 4. The predicted molar refractivity (Wildman–Crippen MR) is 81.4 cm³/mol. The predicted octanol–water partition coefficient (Wildman–Crippen LogP) is 2.81. The van der Waals surface area contributed by atoms with Gasteiger partial charge in [-0.15, -0.1) is 23.7 Å². The number of hydrogen-bond acceptors (Lipinski definition) is 3. The standard InChI is InChI=1S/C12H17BrN2OS.ClH/c13-9-6-11(17-8-9)3-4-12(16)15-5-1-2-10(15)7-14;/h6,8,10H,1-5,7,14H2;1H. The fourth-order valence-electron chi connectivity index (χ4n) is 2.27. The summed E-state index contributed by atoms with van der Waals surface area (Å²) in [7, 11) is 0. The van der Waals surface area contributed by atoms with E-state index in [1.807, 2.05) is 4.90 Å². The van der Waals surface area contributed by atoms with Crippen LogP contribution < -0.4 is 5.73 Å². The van der Waals surface area contributed by atoms with E-state index < -0.39 is 0 Å². The number of nitrogens with zero attached hydrogens (tertiary/aromatic N) is 1. The van der Waals surface area contributed by atoms with Crippen molar-refractivity contribution in [1.29, 1.82) is 0 Å². The molecule has 1 aliphatic heterocycles. The molecule has 1 fully saturated rings. The Balaban J connectivity index is 0.00000162. The summed E-state index contributed by atoms with van der Waals surface area (Å²) in [4.78, 5) is 15.3. The largest absolute Gasteiger partial charge is 0.338 e. The molecule has 0 radical (unpaired) electrons. The van der Waals surface area contributed by atoms with Crippen LogP contribution in [0, 0.1) is 0 Å². The lowest BCUT2D eigenvalue weighted by molar-refractivity contribution is -0.131. The molecule has 1 aliphatic rings. The van der Waals surface area contributed by atoms with Gasteiger partial charge in [-0.05, 0) is 41.3 Å². The van der Waals surface area contributed by atoms with E-state index in [1.165, 1.54) is 4.88 Å². The minimum absolute atomic E-state index is 0. The summed E-state index contributed by atoms with van der Waals surface area (Å²) in [5, 5.41) is 2.05. The van der Waals surface area contributed by atoms with Crippen LogP contribution in [-0.4, -0.2) is 29.9 Å². The molecule has 2 heterocycles. The molecule has 2 N–H and O–H groups in total. The summed E-state index contributed by atoms with van der Waals surface area (Å²) >= 11 is 5.12. The van der Waals surface area contributed by atoms with Crippen LogP contribution in [0.1, 0.15) is 24.1 Å². The first-order valence-corrected chi connectivity index (χ1v) is 7.60. The van der Waals surface area contributed by atoms with Crippen LogP contribution in [0.5, 0.6) is 0 Å². The van der Waals surface area contributed by atoms with Gasteiger partial charge in [0.1, 0.15) is 0 Å². The molecule has 102 valence electrons. The highest BCUT2D eigenvalue weighted by atomic mass is 79.9. The second-order valence-corrected chi connectivity index (χ2v) is 6.26. The average molecular weight is 354 g/mol. The molecule has 0 bridgehead atoms. The Morgan fingerprint density at radius 2 is 2.39 bits per heavy atom. The fourth-order valence-corrected chi connectivity index (χ4v) is 3.72. The van der Waals surface area contributed by atoms with Gasteiger partial charge >= 0.3 is 0 Å². The molecular formula is C12H18BrClN2OS. The van der Waals surface area contributed by atoms with E-state index in [1.54, 1.807) is 11.3 Å². The number of nitrogens with two attached hydrogens (primary N) is 1. The Morgan fingerprint density at radius 3 is 3.00 bits per heavy atom. The van der Waals surface area contributed by atoms with E-state index in [-0.39, 0.29) is 24.4 Å². The monoisotopic (exact) mass is 352 g/mol. The van der Waals surface area contributed by atoms with Crippen molar-refractivity contribution in [3.05, 3.63) is 20.8 Å². The maximum absolute atomic E-state index is 12.1. The third kappa shape index (κ3) is 3.95. The van der Waals surface area contributed by atoms with Crippen molar-refractivity contribution in [2.75, 3.05) is 13.1 Å². The van der Waals surface area contributed by atoms with Gasteiger partial charge in [-0.25, -0.2) is 0 Å². The van der Waals surface area contributed by atoms with Crippen LogP contribution in [0.4, 0.5) is 0 Å². The molecule has 3 nitrogen and oxygen atoms in total. The van der Waals surface area contributed by atoms with Crippen LogP contribution in [-0.2, 0) is 11.2 Å². The molecule has 6 heteroatoms. The third-order valence-electron chi connectivity index (χ3n) is 3.18. The van der Waals surface area contributed by atoms with Crippen LogP contribution >= 0.6 is 39.7 Å². The van der Waals surface area contributed by atoms with Gasteiger partial charge in [-0.3, -0.25) is 4.79 Å². The number of amides is 1. The van der Waals surface area contributed by atoms with Crippen LogP contribution in [0.2, 0.25) is 0 Å². The number of aryl methyl sites for hydroxylation is 1. The van der Waals surface area contributed by atoms with E-state index in [2.05, 4.69) is 27.4 Å². The number of halogens is 2. The van der Waals surface area contributed by atoms with Gasteiger partial charge in [0.2, 0.25) is 5.91 Å². The summed E-state index contributed by atoms with van der Waals surface area (Å²) in [6.07, 6.45) is 3.59. The normalized spacial score (nSPS) is 18.8. The van der Waals surface area contributed by atoms with Gasteiger partial charge in [0.15, 0.2) is 0 Å². The minimum atomic E-state index is 0. The lowest BCUT2D eigenvalue weighted by Gasteiger charge is -2.23. The summed E-state index contributed by atoms with van der Waals surface area (Å²) < 4.78 is 1.10. The van der Waals surface area contributed by atoms with E-state index >= 15 is 0 Å². The van der Waals surface area contributed by atoms with Crippen molar-refractivity contribution in [2.45, 2.75) is 31.7 Å². The van der Waals surface area contributed by atoms with E-state index in [0.717, 1.165) is 30.3 Å². The first-order chi connectivity index (χ1) is 8.20. The molecule has 1 unspecified atom stereocenters. The van der Waals surface area contributed by atoms with E-state index in [4.69, 9.17) is 5.73 Å². The fraction of sp³-hybridized carbons (Fsp3) is 0.583. The minimum Gasteiger partial charge on any atom is -0.338 e. The number of thiophene rings is 1. The van der Waals surface area contributed by atoms with Gasteiger partial charge in [-0.1, -0.05) is 0 Å². The maximum atomic E-state index is 12.1. The number of carbonyl (C=O) groups excluding carboxylic acids is 1. The topological polar surface area (TPSA) is 46.3 Å². The van der Waals surface area contributed by atoms with Crippen molar-refractivity contribution in [3.63, 3.8) is 0 Å². The summed E-state index contributed by atoms with van der Waals surface area (Å²) in [5.74, 6) is 0.252. The highest BCUT2D eigenvalue weighted by Gasteiger charge is 2.26. The number of hydrogen-bond donors (Lipinski definition) is 1. The van der Waals surface area contributed by atoms with Gasteiger partial charge in [-0.2, -0.15) is 0 Å². The van der Waals surface area contributed by atoms with Crippen LogP contribution in [0.25, 0.3) is 0 Å². The SMILES string of the molecule is Cl.NCC1CCCN1C(=O)CCc1cc(Br)cs1. The molecule has 2 rings (SSSR count). The average Bonchev–Trinajstić information content (AvgIpc) is 2.94. The molecule has 1 atom stereocenters. The molecule has 1 aromatic heterocycles. The molecule has 0 saturated carbocycles. The highest BCUT2D eigenvalue weighted by molar-refractivity contribution is 9.10. The molecule has 0 aliphatic carbocycles. The smallest absolute Gasteiger partial charge is 0.223 e. The van der Waals surface area contributed by atoms with E-state index in [0.29, 0.717) is 13.0 Å². The summed E-state index contributed by atoms with van der Waals surface area (Å²) in [6, 6.07) is 2.36. The molecule has 1 saturated heterocycles. The molecule has 1 aromatic rings. The number of carbonyl (C=O) groups is 1. The van der Waals surface area contributed by atoms with Crippen molar-refractivity contribution < 1.29 is 4.79 Å².